The van der Waals surface area contributed by atoms with E-state index in [1.54, 1.807) is 0 Å². The SMILES string of the molecule is COC(=O)c1ccc(F)cc1NC1CCNC1. The van der Waals surface area contributed by atoms with Crippen molar-refractivity contribution in [2.45, 2.75) is 12.5 Å². The van der Waals surface area contributed by atoms with Gasteiger partial charge in [0.25, 0.3) is 0 Å². The molecule has 0 radical (unpaired) electrons. The third-order valence-corrected chi connectivity index (χ3v) is 2.81. The number of hydrogen-bond donors (Lipinski definition) is 2. The monoisotopic (exact) mass is 238 g/mol. The van der Waals surface area contributed by atoms with Crippen molar-refractivity contribution >= 4 is 11.7 Å². The smallest absolute Gasteiger partial charge is 0.339 e. The first kappa shape index (κ1) is 11.9. The molecule has 0 aromatic heterocycles. The molecule has 1 saturated heterocycles. The Bertz CT molecular complexity index is 417. The zero-order valence-corrected chi connectivity index (χ0v) is 9.63. The molecule has 0 amide bonds. The lowest BCUT2D eigenvalue weighted by molar-refractivity contribution is 0.0601. The van der Waals surface area contributed by atoms with E-state index in [-0.39, 0.29) is 11.9 Å². The predicted molar refractivity (Wildman–Crippen MR) is 62.6 cm³/mol. The van der Waals surface area contributed by atoms with Crippen LogP contribution in [-0.4, -0.2) is 32.2 Å². The second kappa shape index (κ2) is 5.14. The summed E-state index contributed by atoms with van der Waals surface area (Å²) in [5, 5.41) is 6.36. The van der Waals surface area contributed by atoms with Crippen LogP contribution in [0, 0.1) is 5.82 Å². The fraction of sp³-hybridized carbons (Fsp3) is 0.417. The van der Waals surface area contributed by atoms with Crippen molar-refractivity contribution in [2.24, 2.45) is 0 Å². The van der Waals surface area contributed by atoms with E-state index >= 15 is 0 Å². The minimum absolute atomic E-state index is 0.222. The number of methoxy groups -OCH3 is 1. The highest BCUT2D eigenvalue weighted by molar-refractivity contribution is 5.95. The van der Waals surface area contributed by atoms with Crippen molar-refractivity contribution in [1.29, 1.82) is 0 Å². The standard InChI is InChI=1S/C12H15FN2O2/c1-17-12(16)10-3-2-8(13)6-11(10)15-9-4-5-14-7-9/h2-3,6,9,14-15H,4-5,7H2,1H3. The average Bonchev–Trinajstić information content (AvgIpc) is 2.81. The number of hydrogen-bond acceptors (Lipinski definition) is 4. The van der Waals surface area contributed by atoms with Crippen LogP contribution >= 0.6 is 0 Å². The molecule has 2 N–H and O–H groups in total. The molecule has 92 valence electrons. The minimum Gasteiger partial charge on any atom is -0.465 e. The van der Waals surface area contributed by atoms with Gasteiger partial charge in [0, 0.05) is 12.6 Å². The largest absolute Gasteiger partial charge is 0.465 e. The molecule has 2 rings (SSSR count). The molecule has 17 heavy (non-hydrogen) atoms. The van der Waals surface area contributed by atoms with Gasteiger partial charge in [-0.2, -0.15) is 0 Å². The quantitative estimate of drug-likeness (QED) is 0.781. The average molecular weight is 238 g/mol. The predicted octanol–water partition coefficient (Wildman–Crippen LogP) is 1.39. The Morgan fingerprint density at radius 3 is 3.06 bits per heavy atom. The van der Waals surface area contributed by atoms with Gasteiger partial charge in [0.2, 0.25) is 0 Å². The number of carbonyl (C=O) groups is 1. The maximum absolute atomic E-state index is 13.2. The van der Waals surface area contributed by atoms with Crippen LogP contribution < -0.4 is 10.6 Å². The van der Waals surface area contributed by atoms with Crippen LogP contribution in [0.1, 0.15) is 16.8 Å². The first-order valence-electron chi connectivity index (χ1n) is 5.56. The van der Waals surface area contributed by atoms with Gasteiger partial charge in [-0.05, 0) is 31.2 Å². The lowest BCUT2D eigenvalue weighted by atomic mass is 10.1. The Morgan fingerprint density at radius 2 is 2.41 bits per heavy atom. The highest BCUT2D eigenvalue weighted by Crippen LogP contribution is 2.20. The summed E-state index contributed by atoms with van der Waals surface area (Å²) in [7, 11) is 1.31. The molecule has 1 aromatic rings. The normalized spacial score (nSPS) is 19.1. The number of halogens is 1. The molecule has 4 nitrogen and oxygen atoms in total. The van der Waals surface area contributed by atoms with E-state index in [0.717, 1.165) is 19.5 Å². The zero-order valence-electron chi connectivity index (χ0n) is 9.63. The van der Waals surface area contributed by atoms with Crippen LogP contribution in [0.25, 0.3) is 0 Å². The molecular weight excluding hydrogens is 223 g/mol. The molecule has 1 unspecified atom stereocenters. The summed E-state index contributed by atoms with van der Waals surface area (Å²) in [5.41, 5.74) is 0.853. The number of rotatable bonds is 3. The van der Waals surface area contributed by atoms with Gasteiger partial charge in [-0.1, -0.05) is 0 Å². The second-order valence-corrected chi connectivity index (χ2v) is 4.02. The summed E-state index contributed by atoms with van der Waals surface area (Å²) in [6.07, 6.45) is 0.955. The third-order valence-electron chi connectivity index (χ3n) is 2.81. The van der Waals surface area contributed by atoms with Gasteiger partial charge < -0.3 is 15.4 Å². The summed E-state index contributed by atoms with van der Waals surface area (Å²) < 4.78 is 17.8. The molecule has 0 bridgehead atoms. The maximum atomic E-state index is 13.2. The van der Waals surface area contributed by atoms with Gasteiger partial charge in [-0.3, -0.25) is 0 Å². The van der Waals surface area contributed by atoms with Gasteiger partial charge in [0.1, 0.15) is 5.82 Å². The lowest BCUT2D eigenvalue weighted by Crippen LogP contribution is -2.23. The van der Waals surface area contributed by atoms with Gasteiger partial charge in [-0.25, -0.2) is 9.18 Å². The summed E-state index contributed by atoms with van der Waals surface area (Å²) in [4.78, 5) is 11.5. The van der Waals surface area contributed by atoms with Gasteiger partial charge in [0.05, 0.1) is 18.4 Å². The topological polar surface area (TPSA) is 50.4 Å². The number of carbonyl (C=O) groups excluding carboxylic acids is 1. The van der Waals surface area contributed by atoms with E-state index in [2.05, 4.69) is 15.4 Å². The van der Waals surface area contributed by atoms with Crippen molar-refractivity contribution in [1.82, 2.24) is 5.32 Å². The maximum Gasteiger partial charge on any atom is 0.339 e. The van der Waals surface area contributed by atoms with Crippen molar-refractivity contribution in [3.63, 3.8) is 0 Å². The molecule has 1 fully saturated rings. The van der Waals surface area contributed by atoms with E-state index in [1.165, 1.54) is 25.3 Å². The van der Waals surface area contributed by atoms with E-state index in [0.29, 0.717) is 11.3 Å². The number of anilines is 1. The summed E-state index contributed by atoms with van der Waals surface area (Å²) in [6, 6.07) is 4.24. The van der Waals surface area contributed by atoms with Crippen molar-refractivity contribution < 1.29 is 13.9 Å². The van der Waals surface area contributed by atoms with Gasteiger partial charge >= 0.3 is 5.97 Å². The van der Waals surface area contributed by atoms with Crippen molar-refractivity contribution in [2.75, 3.05) is 25.5 Å². The minimum atomic E-state index is -0.460. The molecule has 1 heterocycles. The Hall–Kier alpha value is -1.62. The van der Waals surface area contributed by atoms with E-state index in [4.69, 9.17) is 0 Å². The number of esters is 1. The zero-order chi connectivity index (χ0) is 12.3. The first-order chi connectivity index (χ1) is 8.20. The van der Waals surface area contributed by atoms with E-state index in [1.807, 2.05) is 0 Å². The van der Waals surface area contributed by atoms with Crippen molar-refractivity contribution in [3.05, 3.63) is 29.6 Å². The molecule has 1 aliphatic heterocycles. The molecule has 1 aromatic carbocycles. The summed E-state index contributed by atoms with van der Waals surface area (Å²) in [5.74, 6) is -0.829. The Kier molecular flexibility index (Phi) is 3.58. The number of nitrogens with one attached hydrogen (secondary N) is 2. The number of benzene rings is 1. The van der Waals surface area contributed by atoms with Crippen LogP contribution in [0.2, 0.25) is 0 Å². The van der Waals surface area contributed by atoms with Crippen LogP contribution in [0.4, 0.5) is 10.1 Å². The van der Waals surface area contributed by atoms with Crippen LogP contribution in [0.15, 0.2) is 18.2 Å². The van der Waals surface area contributed by atoms with Crippen molar-refractivity contribution in [3.8, 4) is 0 Å². The van der Waals surface area contributed by atoms with Gasteiger partial charge in [-0.15, -0.1) is 0 Å². The molecule has 0 saturated carbocycles. The second-order valence-electron chi connectivity index (χ2n) is 4.02. The van der Waals surface area contributed by atoms with Gasteiger partial charge in [0.15, 0.2) is 0 Å². The highest BCUT2D eigenvalue weighted by Gasteiger charge is 2.18. The molecule has 0 spiro atoms. The summed E-state index contributed by atoms with van der Waals surface area (Å²) >= 11 is 0. The summed E-state index contributed by atoms with van der Waals surface area (Å²) in [6.45, 7) is 1.75. The lowest BCUT2D eigenvalue weighted by Gasteiger charge is -2.15. The fourth-order valence-corrected chi connectivity index (χ4v) is 1.92. The molecule has 1 aliphatic rings. The number of ether oxygens (including phenoxy) is 1. The Labute approximate surface area is 99.2 Å². The molecule has 1 atom stereocenters. The Morgan fingerprint density at radius 1 is 1.59 bits per heavy atom. The van der Waals surface area contributed by atoms with Crippen LogP contribution in [0.5, 0.6) is 0 Å². The Balaban J connectivity index is 2.22. The van der Waals surface area contributed by atoms with E-state index < -0.39 is 5.97 Å². The van der Waals surface area contributed by atoms with Crippen LogP contribution in [-0.2, 0) is 4.74 Å². The van der Waals surface area contributed by atoms with E-state index in [9.17, 15) is 9.18 Å². The molecular formula is C12H15FN2O2. The molecule has 0 aliphatic carbocycles. The molecule has 5 heteroatoms. The highest BCUT2D eigenvalue weighted by atomic mass is 19.1. The first-order valence-corrected chi connectivity index (χ1v) is 5.56. The fourth-order valence-electron chi connectivity index (χ4n) is 1.92. The third kappa shape index (κ3) is 2.74. The van der Waals surface area contributed by atoms with Crippen LogP contribution in [0.3, 0.4) is 0 Å².